The van der Waals surface area contributed by atoms with E-state index in [0.717, 1.165) is 0 Å². The third-order valence-corrected chi connectivity index (χ3v) is 6.69. The third-order valence-electron chi connectivity index (χ3n) is 5.46. The van der Waals surface area contributed by atoms with Crippen molar-refractivity contribution in [2.75, 3.05) is 15.8 Å². The fourth-order valence-electron chi connectivity index (χ4n) is 3.71. The van der Waals surface area contributed by atoms with E-state index >= 15 is 0 Å². The molecule has 10 nitrogen and oxygen atoms in total. The Morgan fingerprint density at radius 3 is 2.48 bits per heavy atom. The van der Waals surface area contributed by atoms with Crippen molar-refractivity contribution in [3.8, 4) is 17.0 Å². The van der Waals surface area contributed by atoms with Crippen molar-refractivity contribution in [2.24, 2.45) is 5.73 Å². The van der Waals surface area contributed by atoms with Gasteiger partial charge in [0.15, 0.2) is 11.6 Å². The van der Waals surface area contributed by atoms with E-state index in [1.807, 2.05) is 4.72 Å². The summed E-state index contributed by atoms with van der Waals surface area (Å²) in [7, 11) is -4.87. The van der Waals surface area contributed by atoms with Gasteiger partial charge < -0.3 is 15.8 Å². The van der Waals surface area contributed by atoms with Crippen LogP contribution in [0.2, 0.25) is 0 Å². The number of sulfonamides is 1. The van der Waals surface area contributed by atoms with E-state index in [1.165, 1.54) is 48.7 Å². The molecular formula is C25H22F4N6O4S. The van der Waals surface area contributed by atoms with Gasteiger partial charge in [0.1, 0.15) is 29.1 Å². The number of carbonyl (C=O) groups excluding carboxylic acids is 1. The van der Waals surface area contributed by atoms with Gasteiger partial charge in [-0.1, -0.05) is 24.3 Å². The number of H-pyrrole nitrogens is 1. The minimum atomic E-state index is -4.99. The number of aromatic nitrogens is 3. The fourth-order valence-corrected chi connectivity index (χ4v) is 4.72. The first-order valence-electron chi connectivity index (χ1n) is 11.5. The van der Waals surface area contributed by atoms with Crippen molar-refractivity contribution in [3.63, 3.8) is 0 Å². The van der Waals surface area contributed by atoms with E-state index in [-0.39, 0.29) is 34.1 Å². The molecule has 0 aliphatic carbocycles. The first-order chi connectivity index (χ1) is 18.8. The molecule has 1 amide bonds. The summed E-state index contributed by atoms with van der Waals surface area (Å²) in [5.41, 5.74) is 6.11. The van der Waals surface area contributed by atoms with Crippen molar-refractivity contribution >= 4 is 33.3 Å². The molecule has 4 aromatic rings. The number of amides is 1. The van der Waals surface area contributed by atoms with Crippen molar-refractivity contribution in [1.29, 1.82) is 0 Å². The van der Waals surface area contributed by atoms with Crippen molar-refractivity contribution < 1.29 is 35.5 Å². The van der Waals surface area contributed by atoms with Gasteiger partial charge in [-0.15, -0.1) is 0 Å². The number of rotatable bonds is 10. The molecule has 0 aliphatic rings. The lowest BCUT2D eigenvalue weighted by Crippen LogP contribution is -2.28. The highest BCUT2D eigenvalue weighted by Gasteiger charge is 2.35. The summed E-state index contributed by atoms with van der Waals surface area (Å²) in [6, 6.07) is 14.1. The predicted octanol–water partition coefficient (Wildman–Crippen LogP) is 4.90. The number of hydrogen-bond donors (Lipinski definition) is 4. The van der Waals surface area contributed by atoms with Crippen LogP contribution in [0.4, 0.5) is 34.9 Å². The number of nitrogens with two attached hydrogens (primary N) is 1. The average molecular weight is 579 g/mol. The zero-order valence-electron chi connectivity index (χ0n) is 20.7. The van der Waals surface area contributed by atoms with E-state index in [1.54, 1.807) is 25.1 Å². The molecule has 0 bridgehead atoms. The lowest BCUT2D eigenvalue weighted by Gasteiger charge is -2.20. The molecule has 0 saturated carbocycles. The number of aromatic amines is 1. The largest absolute Gasteiger partial charge is 0.484 e. The Morgan fingerprint density at radius 1 is 1.12 bits per heavy atom. The van der Waals surface area contributed by atoms with Crippen LogP contribution >= 0.6 is 0 Å². The van der Waals surface area contributed by atoms with Gasteiger partial charge in [-0.25, -0.2) is 17.8 Å². The van der Waals surface area contributed by atoms with Crippen LogP contribution in [-0.4, -0.2) is 41.4 Å². The number of benzene rings is 2. The number of alkyl halides is 3. The standard InChI is InChI=1S/C25H22F4N6O4S/c1-14(15-5-8-17(26)9-6-15)39-19-12-16(7-10-18(19)35-40(37,38)13-25(27,28)29)22-21(23(30)36)24(34-33-22)32-20-4-2-3-11-31-20/h2-12,14,35H,13H2,1H3,(H2,30,36)(H2,31,32,33,34). The van der Waals surface area contributed by atoms with Crippen molar-refractivity contribution in [1.82, 2.24) is 15.2 Å². The number of carbonyl (C=O) groups is 1. The van der Waals surface area contributed by atoms with Crippen LogP contribution in [0.15, 0.2) is 66.9 Å². The maximum absolute atomic E-state index is 13.4. The predicted molar refractivity (Wildman–Crippen MR) is 139 cm³/mol. The Kier molecular flexibility index (Phi) is 7.95. The van der Waals surface area contributed by atoms with Crippen LogP contribution in [0, 0.1) is 5.82 Å². The van der Waals surface area contributed by atoms with Gasteiger partial charge in [-0.05, 0) is 48.9 Å². The summed E-state index contributed by atoms with van der Waals surface area (Å²) in [5, 5.41) is 9.64. The van der Waals surface area contributed by atoms with Crippen LogP contribution in [0.1, 0.15) is 28.9 Å². The SMILES string of the molecule is CC(Oc1cc(-c2[nH]nc(Nc3ccccn3)c2C(N)=O)ccc1NS(=O)(=O)CC(F)(F)F)c1ccc(F)cc1. The third kappa shape index (κ3) is 7.05. The summed E-state index contributed by atoms with van der Waals surface area (Å²) in [5.74, 6) is -3.23. The smallest absolute Gasteiger partial charge is 0.404 e. The number of pyridine rings is 1. The second kappa shape index (κ2) is 11.2. The van der Waals surface area contributed by atoms with E-state index in [0.29, 0.717) is 11.4 Å². The minimum Gasteiger partial charge on any atom is -0.484 e. The van der Waals surface area contributed by atoms with E-state index in [4.69, 9.17) is 10.5 Å². The summed E-state index contributed by atoms with van der Waals surface area (Å²) < 4.78 is 84.1. The lowest BCUT2D eigenvalue weighted by molar-refractivity contribution is -0.106. The van der Waals surface area contributed by atoms with E-state index < -0.39 is 39.8 Å². The molecule has 0 fully saturated rings. The molecule has 15 heteroatoms. The maximum Gasteiger partial charge on any atom is 0.404 e. The normalized spacial score (nSPS) is 12.5. The van der Waals surface area contributed by atoms with Crippen LogP contribution in [-0.2, 0) is 10.0 Å². The highest BCUT2D eigenvalue weighted by atomic mass is 32.2. The van der Waals surface area contributed by atoms with Gasteiger partial charge in [0, 0.05) is 11.8 Å². The zero-order valence-corrected chi connectivity index (χ0v) is 21.5. The monoisotopic (exact) mass is 578 g/mol. The molecule has 5 N–H and O–H groups in total. The van der Waals surface area contributed by atoms with Crippen molar-refractivity contribution in [3.05, 3.63) is 83.8 Å². The molecule has 2 aromatic heterocycles. The number of anilines is 3. The molecule has 4 rings (SSSR count). The van der Waals surface area contributed by atoms with E-state index in [9.17, 15) is 30.8 Å². The summed E-state index contributed by atoms with van der Waals surface area (Å²) in [6.45, 7) is 1.58. The van der Waals surface area contributed by atoms with Gasteiger partial charge in [0.25, 0.3) is 5.91 Å². The summed E-state index contributed by atoms with van der Waals surface area (Å²) in [6.07, 6.45) is -4.26. The molecule has 1 unspecified atom stereocenters. The molecule has 0 aliphatic heterocycles. The topological polar surface area (TPSA) is 152 Å². The van der Waals surface area contributed by atoms with Crippen LogP contribution in [0.25, 0.3) is 11.3 Å². The molecule has 210 valence electrons. The molecule has 1 atom stereocenters. The zero-order chi connectivity index (χ0) is 29.1. The Bertz CT molecular complexity index is 1610. The fraction of sp³-hybridized carbons (Fsp3) is 0.160. The molecule has 40 heavy (non-hydrogen) atoms. The van der Waals surface area contributed by atoms with Crippen molar-refractivity contribution in [2.45, 2.75) is 19.2 Å². The highest BCUT2D eigenvalue weighted by molar-refractivity contribution is 7.92. The molecule has 0 radical (unpaired) electrons. The van der Waals surface area contributed by atoms with E-state index in [2.05, 4.69) is 20.5 Å². The Labute approximate surface area is 225 Å². The minimum absolute atomic E-state index is 0.0540. The van der Waals surface area contributed by atoms with Gasteiger partial charge in [0.2, 0.25) is 10.0 Å². The van der Waals surface area contributed by atoms with Gasteiger partial charge in [-0.3, -0.25) is 14.6 Å². The highest BCUT2D eigenvalue weighted by Crippen LogP contribution is 2.37. The average Bonchev–Trinajstić information content (AvgIpc) is 3.28. The second-order valence-corrected chi connectivity index (χ2v) is 10.2. The number of nitrogens with one attached hydrogen (secondary N) is 3. The number of halogens is 4. The van der Waals surface area contributed by atoms with Crippen LogP contribution in [0.3, 0.4) is 0 Å². The number of hydrogen-bond acceptors (Lipinski definition) is 7. The van der Waals surface area contributed by atoms with Gasteiger partial charge in [-0.2, -0.15) is 18.3 Å². The lowest BCUT2D eigenvalue weighted by atomic mass is 10.1. The first-order valence-corrected chi connectivity index (χ1v) is 13.2. The number of ether oxygens (including phenoxy) is 1. The number of nitrogens with zero attached hydrogens (tertiary/aromatic N) is 2. The van der Waals surface area contributed by atoms with Crippen LogP contribution in [0.5, 0.6) is 5.75 Å². The Hall–Kier alpha value is -4.66. The summed E-state index contributed by atoms with van der Waals surface area (Å²) in [4.78, 5) is 16.5. The van der Waals surface area contributed by atoms with Gasteiger partial charge >= 0.3 is 6.18 Å². The molecule has 0 saturated heterocycles. The summed E-state index contributed by atoms with van der Waals surface area (Å²) >= 11 is 0. The maximum atomic E-state index is 13.4. The molecular weight excluding hydrogens is 556 g/mol. The number of primary amides is 1. The molecule has 2 aromatic carbocycles. The molecule has 2 heterocycles. The van der Waals surface area contributed by atoms with Gasteiger partial charge in [0.05, 0.1) is 11.4 Å². The second-order valence-electron chi connectivity index (χ2n) is 8.53. The molecule has 0 spiro atoms. The van der Waals surface area contributed by atoms with Crippen LogP contribution < -0.4 is 20.5 Å². The Balaban J connectivity index is 1.75. The Morgan fingerprint density at radius 2 is 1.85 bits per heavy atom. The first kappa shape index (κ1) is 28.4. The quantitative estimate of drug-likeness (QED) is 0.195.